The van der Waals surface area contributed by atoms with Crippen molar-refractivity contribution >= 4 is 39.7 Å². The lowest BCUT2D eigenvalue weighted by molar-refractivity contribution is 1.01. The van der Waals surface area contributed by atoms with Crippen molar-refractivity contribution in [1.82, 2.24) is 24.6 Å². The van der Waals surface area contributed by atoms with Gasteiger partial charge in [0.1, 0.15) is 0 Å². The summed E-state index contributed by atoms with van der Waals surface area (Å²) in [4.78, 5) is 9.08. The van der Waals surface area contributed by atoms with Crippen LogP contribution in [0.3, 0.4) is 0 Å². The number of nitrogens with zero attached hydrogens (tertiary/aromatic N) is 5. The Morgan fingerprint density at radius 3 is 2.85 bits per heavy atom. The molecule has 0 spiro atoms. The molecule has 132 valence electrons. The lowest BCUT2D eigenvalue weighted by Gasteiger charge is -2.01. The van der Waals surface area contributed by atoms with Crippen LogP contribution in [0.4, 0.5) is 10.8 Å². The minimum Gasteiger partial charge on any atom is -0.330 e. The van der Waals surface area contributed by atoms with Crippen molar-refractivity contribution in [2.24, 2.45) is 0 Å². The summed E-state index contributed by atoms with van der Waals surface area (Å²) in [5.41, 5.74) is 5.34. The minimum absolute atomic E-state index is 0.737. The number of hydrogen-bond donors (Lipinski definition) is 1. The van der Waals surface area contributed by atoms with Crippen LogP contribution in [0.2, 0.25) is 0 Å². The van der Waals surface area contributed by atoms with Crippen LogP contribution in [-0.4, -0.2) is 24.6 Å². The number of aryl methyl sites for hydroxylation is 3. The Morgan fingerprint density at radius 1 is 1.12 bits per heavy atom. The van der Waals surface area contributed by atoms with E-state index in [1.807, 2.05) is 29.7 Å². The van der Waals surface area contributed by atoms with Crippen molar-refractivity contribution in [1.29, 1.82) is 0 Å². The molecule has 0 aliphatic rings. The Hall–Kier alpha value is -2.45. The fraction of sp³-hybridized carbons (Fsp3) is 0.222. The van der Waals surface area contributed by atoms with Crippen molar-refractivity contribution in [3.63, 3.8) is 0 Å². The molecular weight excluding hydrogens is 364 g/mol. The number of aromatic nitrogens is 5. The third-order valence-corrected chi connectivity index (χ3v) is 5.84. The van der Waals surface area contributed by atoms with E-state index in [2.05, 4.69) is 57.5 Å². The molecule has 0 bridgehead atoms. The zero-order valence-electron chi connectivity index (χ0n) is 14.7. The number of thioether (sulfide) groups is 1. The molecule has 0 fully saturated rings. The van der Waals surface area contributed by atoms with E-state index in [1.165, 1.54) is 5.56 Å². The molecule has 0 saturated carbocycles. The zero-order chi connectivity index (χ0) is 18.1. The summed E-state index contributed by atoms with van der Waals surface area (Å²) in [6.07, 6.45) is 2.04. The SMILES string of the molecule is Cc1cccc(Nc2nnc(SCc3cn4c(C)cc(C)nc4n3)s2)c1. The summed E-state index contributed by atoms with van der Waals surface area (Å²) in [6, 6.07) is 10.3. The van der Waals surface area contributed by atoms with Crippen LogP contribution in [0.5, 0.6) is 0 Å². The van der Waals surface area contributed by atoms with Gasteiger partial charge in [0.05, 0.1) is 5.69 Å². The Bertz CT molecular complexity index is 1070. The summed E-state index contributed by atoms with van der Waals surface area (Å²) in [6.45, 7) is 6.12. The second-order valence-electron chi connectivity index (χ2n) is 6.10. The highest BCUT2D eigenvalue weighted by Crippen LogP contribution is 2.30. The van der Waals surface area contributed by atoms with Gasteiger partial charge in [-0.1, -0.05) is 35.2 Å². The predicted octanol–water partition coefficient (Wildman–Crippen LogP) is 4.54. The van der Waals surface area contributed by atoms with Gasteiger partial charge in [-0.15, -0.1) is 10.2 Å². The number of hydrogen-bond acceptors (Lipinski definition) is 7. The zero-order valence-corrected chi connectivity index (χ0v) is 16.4. The molecule has 0 aliphatic carbocycles. The van der Waals surface area contributed by atoms with Gasteiger partial charge >= 0.3 is 0 Å². The maximum atomic E-state index is 4.61. The van der Waals surface area contributed by atoms with Crippen molar-refractivity contribution < 1.29 is 0 Å². The molecule has 0 amide bonds. The molecule has 0 aliphatic heterocycles. The van der Waals surface area contributed by atoms with Crippen LogP contribution in [0.25, 0.3) is 5.78 Å². The molecule has 8 heteroatoms. The smallest absolute Gasteiger partial charge is 0.234 e. The van der Waals surface area contributed by atoms with Crippen molar-refractivity contribution in [3.8, 4) is 0 Å². The highest BCUT2D eigenvalue weighted by Gasteiger charge is 2.09. The molecule has 0 radical (unpaired) electrons. The molecule has 3 heterocycles. The topological polar surface area (TPSA) is 68.0 Å². The Balaban J connectivity index is 1.44. The van der Waals surface area contributed by atoms with Gasteiger partial charge in [0.25, 0.3) is 0 Å². The number of nitrogens with one attached hydrogen (secondary N) is 1. The summed E-state index contributed by atoms with van der Waals surface area (Å²) in [7, 11) is 0. The highest BCUT2D eigenvalue weighted by molar-refractivity contribution is 8.00. The average molecular weight is 383 g/mol. The van der Waals surface area contributed by atoms with E-state index < -0.39 is 0 Å². The monoisotopic (exact) mass is 382 g/mol. The Labute approximate surface area is 159 Å². The first kappa shape index (κ1) is 17.0. The molecule has 0 saturated heterocycles. The van der Waals surface area contributed by atoms with E-state index in [0.29, 0.717) is 0 Å². The first-order valence-corrected chi connectivity index (χ1v) is 9.99. The second kappa shape index (κ2) is 7.05. The first-order chi connectivity index (χ1) is 12.6. The normalized spacial score (nSPS) is 11.2. The molecule has 3 aromatic heterocycles. The van der Waals surface area contributed by atoms with Gasteiger partial charge in [0.2, 0.25) is 10.9 Å². The van der Waals surface area contributed by atoms with Gasteiger partial charge in [0, 0.05) is 29.0 Å². The van der Waals surface area contributed by atoms with E-state index in [9.17, 15) is 0 Å². The lowest BCUT2D eigenvalue weighted by Crippen LogP contribution is -1.94. The van der Waals surface area contributed by atoms with Crippen molar-refractivity contribution in [2.75, 3.05) is 5.32 Å². The quantitative estimate of drug-likeness (QED) is 0.511. The third-order valence-electron chi connectivity index (χ3n) is 3.83. The largest absolute Gasteiger partial charge is 0.330 e. The van der Waals surface area contributed by atoms with Crippen LogP contribution in [-0.2, 0) is 5.75 Å². The van der Waals surface area contributed by atoms with Gasteiger partial charge < -0.3 is 5.32 Å². The predicted molar refractivity (Wildman–Crippen MR) is 106 cm³/mol. The van der Waals surface area contributed by atoms with Gasteiger partial charge in [0.15, 0.2) is 4.34 Å². The maximum absolute atomic E-state index is 4.61. The average Bonchev–Trinajstić information content (AvgIpc) is 3.19. The molecule has 0 unspecified atom stereocenters. The van der Waals surface area contributed by atoms with E-state index in [1.54, 1.807) is 23.1 Å². The number of fused-ring (bicyclic) bond motifs is 1. The third kappa shape index (κ3) is 3.71. The van der Waals surface area contributed by atoms with Crippen LogP contribution >= 0.6 is 23.1 Å². The van der Waals surface area contributed by atoms with E-state index in [0.717, 1.165) is 43.8 Å². The fourth-order valence-corrected chi connectivity index (χ4v) is 4.34. The van der Waals surface area contributed by atoms with Crippen LogP contribution in [0.1, 0.15) is 22.6 Å². The molecule has 6 nitrogen and oxygen atoms in total. The maximum Gasteiger partial charge on any atom is 0.234 e. The highest BCUT2D eigenvalue weighted by atomic mass is 32.2. The summed E-state index contributed by atoms with van der Waals surface area (Å²) < 4.78 is 2.94. The summed E-state index contributed by atoms with van der Waals surface area (Å²) in [5.74, 6) is 1.48. The molecule has 0 atom stereocenters. The molecule has 1 N–H and O–H groups in total. The van der Waals surface area contributed by atoms with Crippen LogP contribution < -0.4 is 5.32 Å². The van der Waals surface area contributed by atoms with Gasteiger partial charge in [-0.3, -0.25) is 4.40 Å². The van der Waals surface area contributed by atoms with E-state index in [4.69, 9.17) is 0 Å². The molecular formula is C18H18N6S2. The number of benzene rings is 1. The van der Waals surface area contributed by atoms with Crippen LogP contribution in [0.15, 0.2) is 40.9 Å². The first-order valence-electron chi connectivity index (χ1n) is 8.19. The van der Waals surface area contributed by atoms with E-state index >= 15 is 0 Å². The standard InChI is InChI=1S/C18H18N6S2/c1-11-5-4-6-14(7-11)21-17-22-23-18(26-17)25-10-15-9-24-13(3)8-12(2)19-16(24)20-15/h4-9H,10H2,1-3H3,(H,21,22). The molecule has 4 rings (SSSR count). The molecule has 26 heavy (non-hydrogen) atoms. The fourth-order valence-electron chi connectivity index (χ4n) is 2.69. The number of anilines is 2. The van der Waals surface area contributed by atoms with Gasteiger partial charge in [-0.05, 0) is 44.5 Å². The summed E-state index contributed by atoms with van der Waals surface area (Å²) in [5, 5.41) is 12.6. The van der Waals surface area contributed by atoms with Gasteiger partial charge in [-0.2, -0.15) is 0 Å². The number of rotatable bonds is 5. The number of imidazole rings is 1. The molecule has 4 aromatic rings. The van der Waals surface area contributed by atoms with Crippen LogP contribution in [0, 0.1) is 20.8 Å². The Kier molecular flexibility index (Phi) is 4.60. The van der Waals surface area contributed by atoms with E-state index in [-0.39, 0.29) is 0 Å². The Morgan fingerprint density at radius 2 is 2.00 bits per heavy atom. The molecule has 1 aromatic carbocycles. The van der Waals surface area contributed by atoms with Crippen molar-refractivity contribution in [2.45, 2.75) is 30.9 Å². The summed E-state index contributed by atoms with van der Waals surface area (Å²) >= 11 is 3.18. The minimum atomic E-state index is 0.737. The second-order valence-corrected chi connectivity index (χ2v) is 8.30. The van der Waals surface area contributed by atoms with Gasteiger partial charge in [-0.25, -0.2) is 9.97 Å². The lowest BCUT2D eigenvalue weighted by atomic mass is 10.2. The van der Waals surface area contributed by atoms with Crippen molar-refractivity contribution in [3.05, 3.63) is 59.2 Å².